The SMILES string of the molecule is CC/C=C\C/C=C\C/C=C\C/C=C\C/C=C\CCCC(=O)NC(COC1OC(CO)C(OC2OC(CO)C(OC3OC(CO)C(O)C(O)C3O)C(O)C2O)C(O)C1O)C(O)CCCCCCCCCCCCCCCCCCCCC. The van der Waals surface area contributed by atoms with Gasteiger partial charge in [0.1, 0.15) is 73.2 Å². The summed E-state index contributed by atoms with van der Waals surface area (Å²) in [4.78, 5) is 13.3. The number of aliphatic hydroxyl groups is 11. The summed E-state index contributed by atoms with van der Waals surface area (Å²) in [5.74, 6) is -0.301. The van der Waals surface area contributed by atoms with E-state index in [4.69, 9.17) is 28.4 Å². The molecule has 0 aromatic heterocycles. The lowest BCUT2D eigenvalue weighted by atomic mass is 9.96. The third kappa shape index (κ3) is 28.5. The highest BCUT2D eigenvalue weighted by Gasteiger charge is 2.53. The molecule has 470 valence electrons. The van der Waals surface area contributed by atoms with Crippen LogP contribution in [0.1, 0.15) is 194 Å². The molecule has 3 rings (SSSR count). The molecule has 17 atom stereocenters. The number of unbranched alkanes of at least 4 members (excludes halogenated alkanes) is 19. The topological polar surface area (TPSA) is 307 Å². The van der Waals surface area contributed by atoms with Gasteiger partial charge >= 0.3 is 0 Å². The standard InChI is InChI=1S/C62H109NO18/c1-3-5-7-9-11-13-15-17-19-21-22-24-25-27-29-31-33-35-37-39-46(67)45(63-50(68)40-38-36-34-32-30-28-26-23-20-18-16-14-12-10-8-6-4-2)44-76-60-56(74)53(71)58(48(42-65)78-60)81-62-57(75)54(72)59(49(43-66)79-62)80-61-55(73)52(70)51(69)47(41-64)77-61/h6,8,12,14,18,20,26,28,32,34,45-49,51-62,64-67,69-75H,3-5,7,9-11,13,15-17,19,21-25,27,29-31,33,35-44H2,1-2H3,(H,63,68)/b8-6-,14-12-,20-18-,28-26-,34-32-. The molecular weight excluding hydrogens is 1050 g/mol. The first-order valence-corrected chi connectivity index (χ1v) is 31.0. The summed E-state index contributed by atoms with van der Waals surface area (Å²) in [5.41, 5.74) is 0. The molecule has 0 aliphatic carbocycles. The van der Waals surface area contributed by atoms with Crippen molar-refractivity contribution in [2.24, 2.45) is 0 Å². The lowest BCUT2D eigenvalue weighted by molar-refractivity contribution is -0.379. The van der Waals surface area contributed by atoms with E-state index >= 15 is 0 Å². The average molecular weight is 1160 g/mol. The fraction of sp³-hybridized carbons (Fsp3) is 0.823. The van der Waals surface area contributed by atoms with Crippen molar-refractivity contribution in [2.75, 3.05) is 26.4 Å². The molecule has 17 unspecified atom stereocenters. The van der Waals surface area contributed by atoms with Crippen molar-refractivity contribution in [2.45, 2.75) is 298 Å². The highest BCUT2D eigenvalue weighted by Crippen LogP contribution is 2.33. The zero-order valence-electron chi connectivity index (χ0n) is 49.0. The lowest BCUT2D eigenvalue weighted by Crippen LogP contribution is -2.66. The van der Waals surface area contributed by atoms with Gasteiger partial charge in [-0.15, -0.1) is 0 Å². The molecule has 0 radical (unpaired) electrons. The molecule has 19 heteroatoms. The molecule has 3 fully saturated rings. The van der Waals surface area contributed by atoms with Crippen LogP contribution in [0, 0.1) is 0 Å². The van der Waals surface area contributed by atoms with Crippen molar-refractivity contribution in [3.8, 4) is 0 Å². The summed E-state index contributed by atoms with van der Waals surface area (Å²) in [6.07, 6.45) is 24.5. The maximum Gasteiger partial charge on any atom is 0.220 e. The van der Waals surface area contributed by atoms with Crippen LogP contribution < -0.4 is 5.32 Å². The van der Waals surface area contributed by atoms with Gasteiger partial charge in [0, 0.05) is 6.42 Å². The van der Waals surface area contributed by atoms with E-state index in [0.717, 1.165) is 51.4 Å². The average Bonchev–Trinajstić information content (AvgIpc) is 3.47. The van der Waals surface area contributed by atoms with Crippen LogP contribution in [0.5, 0.6) is 0 Å². The Hall–Kier alpha value is -2.51. The number of allylic oxidation sites excluding steroid dienone is 10. The molecule has 0 saturated carbocycles. The molecule has 81 heavy (non-hydrogen) atoms. The number of carbonyl (C=O) groups excluding carboxylic acids is 1. The summed E-state index contributed by atoms with van der Waals surface area (Å²) in [7, 11) is 0. The van der Waals surface area contributed by atoms with Gasteiger partial charge in [-0.2, -0.15) is 0 Å². The molecule has 3 heterocycles. The van der Waals surface area contributed by atoms with Gasteiger partial charge < -0.3 is 89.9 Å². The summed E-state index contributed by atoms with van der Waals surface area (Å²) in [6.45, 7) is 1.63. The molecule has 19 nitrogen and oxygen atoms in total. The second kappa shape index (κ2) is 44.9. The monoisotopic (exact) mass is 1160 g/mol. The Bertz CT molecular complexity index is 1710. The molecule has 0 spiro atoms. The summed E-state index contributed by atoms with van der Waals surface area (Å²) >= 11 is 0. The Balaban J connectivity index is 1.50. The van der Waals surface area contributed by atoms with Gasteiger partial charge in [-0.05, 0) is 51.4 Å². The molecule has 12 N–H and O–H groups in total. The predicted octanol–water partition coefficient (Wildman–Crippen LogP) is 6.04. The molecule has 3 saturated heterocycles. The Morgan fingerprint density at radius 1 is 0.457 bits per heavy atom. The minimum atomic E-state index is -1.98. The minimum Gasteiger partial charge on any atom is -0.394 e. The highest BCUT2D eigenvalue weighted by molar-refractivity contribution is 5.76. The van der Waals surface area contributed by atoms with Crippen molar-refractivity contribution in [1.82, 2.24) is 5.32 Å². The van der Waals surface area contributed by atoms with Gasteiger partial charge in [0.15, 0.2) is 18.9 Å². The van der Waals surface area contributed by atoms with Crippen LogP contribution in [-0.4, -0.2) is 193 Å². The van der Waals surface area contributed by atoms with E-state index in [1.54, 1.807) is 0 Å². The molecule has 0 aromatic rings. The van der Waals surface area contributed by atoms with E-state index in [1.165, 1.54) is 96.3 Å². The van der Waals surface area contributed by atoms with Crippen molar-refractivity contribution in [3.05, 3.63) is 60.8 Å². The van der Waals surface area contributed by atoms with Gasteiger partial charge in [0.25, 0.3) is 0 Å². The number of rotatable bonds is 45. The summed E-state index contributed by atoms with van der Waals surface area (Å²) in [6, 6.07) is -0.919. The normalized spacial score (nSPS) is 30.2. The van der Waals surface area contributed by atoms with Crippen LogP contribution >= 0.6 is 0 Å². The van der Waals surface area contributed by atoms with E-state index < -0.39 is 124 Å². The fourth-order valence-electron chi connectivity index (χ4n) is 10.3. The number of nitrogens with one attached hydrogen (secondary N) is 1. The van der Waals surface area contributed by atoms with Crippen molar-refractivity contribution < 1.29 is 89.4 Å². The Labute approximate surface area is 484 Å². The molecule has 1 amide bonds. The van der Waals surface area contributed by atoms with Gasteiger partial charge in [0.2, 0.25) is 5.91 Å². The second-order valence-corrected chi connectivity index (χ2v) is 22.1. The van der Waals surface area contributed by atoms with Crippen LogP contribution in [0.4, 0.5) is 0 Å². The first-order valence-electron chi connectivity index (χ1n) is 31.0. The maximum atomic E-state index is 13.3. The molecular formula is C62H109NO18. The molecule has 0 aromatic carbocycles. The highest BCUT2D eigenvalue weighted by atomic mass is 16.8. The van der Waals surface area contributed by atoms with Crippen LogP contribution in [0.15, 0.2) is 60.8 Å². The zero-order chi connectivity index (χ0) is 59.0. The number of hydrogen-bond acceptors (Lipinski definition) is 18. The predicted molar refractivity (Wildman–Crippen MR) is 309 cm³/mol. The summed E-state index contributed by atoms with van der Waals surface area (Å²) < 4.78 is 34.3. The van der Waals surface area contributed by atoms with Gasteiger partial charge in [-0.25, -0.2) is 0 Å². The maximum absolute atomic E-state index is 13.3. The van der Waals surface area contributed by atoms with Gasteiger partial charge in [-0.1, -0.05) is 197 Å². The van der Waals surface area contributed by atoms with E-state index in [0.29, 0.717) is 25.7 Å². The van der Waals surface area contributed by atoms with E-state index in [9.17, 15) is 61.0 Å². The molecule has 3 aliphatic heterocycles. The number of amides is 1. The van der Waals surface area contributed by atoms with Crippen molar-refractivity contribution >= 4 is 5.91 Å². The number of aliphatic hydroxyl groups excluding tert-OH is 11. The number of hydrogen-bond donors (Lipinski definition) is 12. The smallest absolute Gasteiger partial charge is 0.220 e. The third-order valence-electron chi connectivity index (χ3n) is 15.4. The van der Waals surface area contributed by atoms with Crippen molar-refractivity contribution in [3.63, 3.8) is 0 Å². The lowest BCUT2D eigenvalue weighted by Gasteiger charge is -2.48. The fourth-order valence-corrected chi connectivity index (χ4v) is 10.3. The van der Waals surface area contributed by atoms with Crippen LogP contribution in [0.2, 0.25) is 0 Å². The first kappa shape index (κ1) is 72.7. The Morgan fingerprint density at radius 2 is 0.840 bits per heavy atom. The largest absolute Gasteiger partial charge is 0.394 e. The van der Waals surface area contributed by atoms with Crippen molar-refractivity contribution in [1.29, 1.82) is 0 Å². The molecule has 0 bridgehead atoms. The van der Waals surface area contributed by atoms with E-state index in [1.807, 2.05) is 6.08 Å². The summed E-state index contributed by atoms with van der Waals surface area (Å²) in [5, 5.41) is 120. The first-order chi connectivity index (χ1) is 39.3. The van der Waals surface area contributed by atoms with E-state index in [2.05, 4.69) is 73.8 Å². The zero-order valence-corrected chi connectivity index (χ0v) is 49.0. The second-order valence-electron chi connectivity index (χ2n) is 22.1. The Morgan fingerprint density at radius 3 is 1.28 bits per heavy atom. The van der Waals surface area contributed by atoms with Crippen LogP contribution in [-0.2, 0) is 33.2 Å². The van der Waals surface area contributed by atoms with Crippen LogP contribution in [0.3, 0.4) is 0 Å². The number of ether oxygens (including phenoxy) is 6. The Kier molecular flexibility index (Phi) is 40.3. The van der Waals surface area contributed by atoms with Gasteiger partial charge in [-0.3, -0.25) is 4.79 Å². The minimum absolute atomic E-state index is 0.186. The quantitative estimate of drug-likeness (QED) is 0.0244. The van der Waals surface area contributed by atoms with E-state index in [-0.39, 0.29) is 18.9 Å². The van der Waals surface area contributed by atoms with Gasteiger partial charge in [0.05, 0.1) is 38.6 Å². The van der Waals surface area contributed by atoms with Crippen LogP contribution in [0.25, 0.3) is 0 Å². The number of carbonyl (C=O) groups is 1. The third-order valence-corrected chi connectivity index (χ3v) is 15.4. The molecule has 3 aliphatic rings.